The van der Waals surface area contributed by atoms with Gasteiger partial charge in [-0.25, -0.2) is 0 Å². The van der Waals surface area contributed by atoms with Crippen LogP contribution < -0.4 is 0 Å². The Bertz CT molecular complexity index is 476. The van der Waals surface area contributed by atoms with Crippen LogP contribution in [0.15, 0.2) is 17.5 Å². The van der Waals surface area contributed by atoms with Gasteiger partial charge in [0.15, 0.2) is 0 Å². The van der Waals surface area contributed by atoms with Crippen LogP contribution in [-0.2, 0) is 10.2 Å². The van der Waals surface area contributed by atoms with E-state index in [1.807, 2.05) is 11.4 Å². The van der Waals surface area contributed by atoms with Crippen LogP contribution in [0.5, 0.6) is 0 Å². The Morgan fingerprint density at radius 3 is 2.79 bits per heavy atom. The van der Waals surface area contributed by atoms with Gasteiger partial charge in [0.1, 0.15) is 5.41 Å². The maximum absolute atomic E-state index is 11.1. The minimum atomic E-state index is -0.661. The predicted octanol–water partition coefficient (Wildman–Crippen LogP) is 3.08. The van der Waals surface area contributed by atoms with Crippen LogP contribution in [0.4, 0.5) is 0 Å². The minimum Gasteiger partial charge on any atom is -0.481 e. The van der Waals surface area contributed by atoms with Crippen molar-refractivity contribution >= 4 is 38.0 Å². The topological polar surface area (TPSA) is 37.3 Å². The lowest BCUT2D eigenvalue weighted by molar-refractivity contribution is -0.139. The Morgan fingerprint density at radius 2 is 2.21 bits per heavy atom. The fourth-order valence-electron chi connectivity index (χ4n) is 1.69. The van der Waals surface area contributed by atoms with Crippen molar-refractivity contribution in [3.05, 3.63) is 22.4 Å². The Labute approximate surface area is 88.8 Å². The van der Waals surface area contributed by atoms with Crippen molar-refractivity contribution in [2.24, 2.45) is 0 Å². The highest BCUT2D eigenvalue weighted by molar-refractivity contribution is 7.27. The summed E-state index contributed by atoms with van der Waals surface area (Å²) in [7, 11) is 0. The summed E-state index contributed by atoms with van der Waals surface area (Å²) in [5.74, 6) is -0.661. The van der Waals surface area contributed by atoms with Gasteiger partial charge in [0.05, 0.1) is 0 Å². The van der Waals surface area contributed by atoms with Crippen molar-refractivity contribution in [2.45, 2.75) is 18.3 Å². The molecular weight excluding hydrogens is 216 g/mol. The molecule has 1 fully saturated rings. The van der Waals surface area contributed by atoms with E-state index >= 15 is 0 Å². The Kier molecular flexibility index (Phi) is 1.56. The quantitative estimate of drug-likeness (QED) is 0.851. The number of carboxylic acids is 1. The molecule has 1 aliphatic carbocycles. The maximum Gasteiger partial charge on any atom is 0.314 e. The summed E-state index contributed by atoms with van der Waals surface area (Å²) < 4.78 is 2.44. The van der Waals surface area contributed by atoms with Gasteiger partial charge in [-0.3, -0.25) is 4.79 Å². The van der Waals surface area contributed by atoms with Gasteiger partial charge in [0.2, 0.25) is 0 Å². The molecule has 14 heavy (non-hydrogen) atoms. The third kappa shape index (κ3) is 0.980. The van der Waals surface area contributed by atoms with E-state index in [2.05, 4.69) is 6.07 Å². The van der Waals surface area contributed by atoms with Crippen LogP contribution in [0, 0.1) is 0 Å². The van der Waals surface area contributed by atoms with Crippen molar-refractivity contribution in [1.82, 2.24) is 0 Å². The second-order valence-corrected chi connectivity index (χ2v) is 5.68. The highest BCUT2D eigenvalue weighted by Gasteiger charge is 2.52. The zero-order chi connectivity index (χ0) is 9.76. The number of hydrogen-bond acceptors (Lipinski definition) is 3. The van der Waals surface area contributed by atoms with Crippen molar-refractivity contribution in [1.29, 1.82) is 0 Å². The van der Waals surface area contributed by atoms with Gasteiger partial charge >= 0.3 is 5.97 Å². The molecule has 0 aromatic carbocycles. The van der Waals surface area contributed by atoms with Crippen molar-refractivity contribution in [3.63, 3.8) is 0 Å². The molecule has 0 bridgehead atoms. The SMILES string of the molecule is O=C(O)C1(c2cc3sccc3s2)CC1. The summed E-state index contributed by atoms with van der Waals surface area (Å²) in [6.07, 6.45) is 1.60. The minimum absolute atomic E-state index is 0.524. The van der Waals surface area contributed by atoms with Gasteiger partial charge in [0.25, 0.3) is 0 Å². The first-order valence-corrected chi connectivity index (χ1v) is 6.13. The molecular formula is C10H8O2S2. The molecule has 4 heteroatoms. The normalized spacial score (nSPS) is 18.6. The molecule has 0 spiro atoms. The van der Waals surface area contributed by atoms with Crippen LogP contribution in [0.1, 0.15) is 17.7 Å². The molecule has 0 atom stereocenters. The van der Waals surface area contributed by atoms with Crippen molar-refractivity contribution in [2.75, 3.05) is 0 Å². The highest BCUT2D eigenvalue weighted by Crippen LogP contribution is 2.52. The van der Waals surface area contributed by atoms with Gasteiger partial charge in [-0.15, -0.1) is 22.7 Å². The highest BCUT2D eigenvalue weighted by atomic mass is 32.1. The molecule has 0 aliphatic heterocycles. The van der Waals surface area contributed by atoms with E-state index in [0.717, 1.165) is 17.7 Å². The number of hydrogen-bond donors (Lipinski definition) is 1. The lowest BCUT2D eigenvalue weighted by Gasteiger charge is -2.04. The average Bonchev–Trinajstić information content (AvgIpc) is 2.67. The first-order chi connectivity index (χ1) is 6.72. The van der Waals surface area contributed by atoms with E-state index in [-0.39, 0.29) is 0 Å². The summed E-state index contributed by atoms with van der Waals surface area (Å²) >= 11 is 3.31. The number of rotatable bonds is 2. The molecule has 2 nitrogen and oxygen atoms in total. The van der Waals surface area contributed by atoms with Crippen molar-refractivity contribution < 1.29 is 9.90 Å². The smallest absolute Gasteiger partial charge is 0.314 e. The molecule has 72 valence electrons. The second kappa shape index (κ2) is 2.58. The third-order valence-corrected chi connectivity index (χ3v) is 5.07. The van der Waals surface area contributed by atoms with Crippen LogP contribution in [0.3, 0.4) is 0 Å². The van der Waals surface area contributed by atoms with Gasteiger partial charge in [-0.05, 0) is 30.4 Å². The lowest BCUT2D eigenvalue weighted by Crippen LogP contribution is -2.17. The van der Waals surface area contributed by atoms with E-state index < -0.39 is 11.4 Å². The molecule has 3 rings (SSSR count). The number of thiophene rings is 2. The van der Waals surface area contributed by atoms with Gasteiger partial charge in [-0.2, -0.15) is 0 Å². The number of fused-ring (bicyclic) bond motifs is 1. The van der Waals surface area contributed by atoms with E-state index in [1.54, 1.807) is 22.7 Å². The molecule has 0 radical (unpaired) electrons. The molecule has 1 saturated carbocycles. The van der Waals surface area contributed by atoms with Crippen LogP contribution in [0.25, 0.3) is 9.40 Å². The largest absolute Gasteiger partial charge is 0.481 e. The fraction of sp³-hybridized carbons (Fsp3) is 0.300. The molecule has 0 unspecified atom stereocenters. The summed E-state index contributed by atoms with van der Waals surface area (Å²) in [6.45, 7) is 0. The molecule has 2 heterocycles. The van der Waals surface area contributed by atoms with Gasteiger partial charge in [0, 0.05) is 14.3 Å². The average molecular weight is 224 g/mol. The first kappa shape index (κ1) is 8.44. The first-order valence-electron chi connectivity index (χ1n) is 4.43. The molecule has 2 aromatic heterocycles. The van der Waals surface area contributed by atoms with Crippen molar-refractivity contribution in [3.8, 4) is 0 Å². The second-order valence-electron chi connectivity index (χ2n) is 3.65. The molecule has 1 aliphatic rings. The number of carboxylic acid groups (broad SMARTS) is 1. The van der Waals surface area contributed by atoms with Crippen LogP contribution in [0.2, 0.25) is 0 Å². The lowest BCUT2D eigenvalue weighted by atomic mass is 10.1. The Morgan fingerprint density at radius 1 is 1.43 bits per heavy atom. The summed E-state index contributed by atoms with van der Waals surface area (Å²) in [4.78, 5) is 12.1. The Hall–Kier alpha value is -0.870. The summed E-state index contributed by atoms with van der Waals surface area (Å²) in [6, 6.07) is 4.11. The van der Waals surface area contributed by atoms with E-state index in [9.17, 15) is 4.79 Å². The maximum atomic E-state index is 11.1. The summed E-state index contributed by atoms with van der Waals surface area (Å²) in [5.41, 5.74) is -0.524. The van der Waals surface area contributed by atoms with Gasteiger partial charge in [-0.1, -0.05) is 0 Å². The van der Waals surface area contributed by atoms with Gasteiger partial charge < -0.3 is 5.11 Å². The zero-order valence-corrected chi connectivity index (χ0v) is 8.95. The van der Waals surface area contributed by atoms with Crippen LogP contribution >= 0.6 is 22.7 Å². The summed E-state index contributed by atoms with van der Waals surface area (Å²) in [5, 5.41) is 11.2. The molecule has 2 aromatic rings. The fourth-order valence-corrected chi connectivity index (χ4v) is 4.04. The van der Waals surface area contributed by atoms with E-state index in [0.29, 0.717) is 0 Å². The number of carbonyl (C=O) groups is 1. The predicted molar refractivity (Wildman–Crippen MR) is 58.2 cm³/mol. The molecule has 1 N–H and O–H groups in total. The monoisotopic (exact) mass is 224 g/mol. The third-order valence-electron chi connectivity index (χ3n) is 2.77. The van der Waals surface area contributed by atoms with E-state index in [4.69, 9.17) is 5.11 Å². The molecule has 0 saturated heterocycles. The number of aliphatic carboxylic acids is 1. The van der Waals surface area contributed by atoms with E-state index in [1.165, 1.54) is 9.40 Å². The van der Waals surface area contributed by atoms with Crippen LogP contribution in [-0.4, -0.2) is 11.1 Å². The molecule has 0 amide bonds. The zero-order valence-electron chi connectivity index (χ0n) is 7.32. The Balaban J connectivity index is 2.14. The standard InChI is InChI=1S/C10H8O2S2/c11-9(12)10(2-3-10)8-5-7-6(14-8)1-4-13-7/h1,4-5H,2-3H2,(H,11,12).